The summed E-state index contributed by atoms with van der Waals surface area (Å²) in [7, 11) is 0. The van der Waals surface area contributed by atoms with Crippen molar-refractivity contribution < 1.29 is 4.42 Å². The Labute approximate surface area is 367 Å². The Bertz CT molecular complexity index is 3390. The molecule has 1 heterocycles. The predicted molar refractivity (Wildman–Crippen MR) is 262 cm³/mol. The van der Waals surface area contributed by atoms with Gasteiger partial charge in [0.2, 0.25) is 0 Å². The van der Waals surface area contributed by atoms with Crippen molar-refractivity contribution in [3.05, 3.63) is 271 Å². The monoisotopic (exact) mass is 803 g/mol. The maximum absolute atomic E-state index is 6.53. The number of benzene rings is 10. The van der Waals surface area contributed by atoms with Gasteiger partial charge in [-0.25, -0.2) is 0 Å². The van der Waals surface area contributed by atoms with Gasteiger partial charge in [-0.2, -0.15) is 0 Å². The fraction of sp³-hybridized carbons (Fsp3) is 0.0164. The molecular formula is C61H41NO. The molecule has 2 nitrogen and oxygen atoms in total. The normalized spacial score (nSPS) is 12.6. The molecule has 2 heteroatoms. The maximum Gasteiger partial charge on any atom is 0.143 e. The third-order valence-electron chi connectivity index (χ3n) is 13.0. The van der Waals surface area contributed by atoms with Gasteiger partial charge in [0.15, 0.2) is 0 Å². The van der Waals surface area contributed by atoms with Gasteiger partial charge in [0, 0.05) is 33.4 Å². The largest absolute Gasteiger partial charge is 0.455 e. The van der Waals surface area contributed by atoms with Crippen LogP contribution in [0.15, 0.2) is 253 Å². The first-order chi connectivity index (χ1) is 31.2. The lowest BCUT2D eigenvalue weighted by Gasteiger charge is -2.34. The van der Waals surface area contributed by atoms with Gasteiger partial charge in [-0.1, -0.05) is 200 Å². The number of hydrogen-bond acceptors (Lipinski definition) is 2. The summed E-state index contributed by atoms with van der Waals surface area (Å²) in [5.41, 5.74) is 19.1. The Hall–Kier alpha value is -8.20. The van der Waals surface area contributed by atoms with Gasteiger partial charge >= 0.3 is 0 Å². The summed E-state index contributed by atoms with van der Waals surface area (Å²) in [4.78, 5) is 2.40. The van der Waals surface area contributed by atoms with E-state index < -0.39 is 5.41 Å². The van der Waals surface area contributed by atoms with Crippen molar-refractivity contribution in [3.8, 4) is 44.5 Å². The van der Waals surface area contributed by atoms with Crippen LogP contribution in [0.2, 0.25) is 0 Å². The molecule has 63 heavy (non-hydrogen) atoms. The molecular weight excluding hydrogens is 763 g/mol. The summed E-state index contributed by atoms with van der Waals surface area (Å²) in [5, 5.41) is 2.24. The Morgan fingerprint density at radius 2 is 0.825 bits per heavy atom. The Morgan fingerprint density at radius 3 is 1.56 bits per heavy atom. The highest BCUT2D eigenvalue weighted by molar-refractivity contribution is 6.10. The molecule has 0 aliphatic heterocycles. The second-order valence-corrected chi connectivity index (χ2v) is 16.4. The number of nitrogens with zero attached hydrogens (tertiary/aromatic N) is 1. The lowest BCUT2D eigenvalue weighted by atomic mass is 9.68. The fourth-order valence-electron chi connectivity index (χ4n) is 10.1. The summed E-state index contributed by atoms with van der Waals surface area (Å²) in [5.74, 6) is 0. The zero-order valence-electron chi connectivity index (χ0n) is 34.5. The minimum atomic E-state index is -0.461. The molecule has 12 rings (SSSR count). The number of anilines is 3. The lowest BCUT2D eigenvalue weighted by Crippen LogP contribution is -2.28. The van der Waals surface area contributed by atoms with Crippen molar-refractivity contribution in [1.29, 1.82) is 0 Å². The first-order valence-electron chi connectivity index (χ1n) is 21.7. The molecule has 0 radical (unpaired) electrons. The standard InChI is InChI=1S/C61H41NO/c1-5-17-42(18-6-1)45-21-15-26-50(39-45)62(49-34-31-43(32-35-49)46-33-38-59-56(40-46)54-29-16-28-52(60(54)63-59)44-19-7-2-8-20-44)51-36-37-58-55(41-51)53-27-13-14-30-57(53)61(58,47-22-9-3-10-23-47)48-24-11-4-12-25-48/h1-41H. The average Bonchev–Trinajstić information content (AvgIpc) is 3.89. The zero-order valence-corrected chi connectivity index (χ0v) is 34.5. The highest BCUT2D eigenvalue weighted by Crippen LogP contribution is 2.57. The molecule has 296 valence electrons. The van der Waals surface area contributed by atoms with E-state index in [0.717, 1.165) is 61.3 Å². The smallest absolute Gasteiger partial charge is 0.143 e. The quantitative estimate of drug-likeness (QED) is 0.152. The molecule has 0 spiro atoms. The summed E-state index contributed by atoms with van der Waals surface area (Å²) < 4.78 is 6.53. The second-order valence-electron chi connectivity index (χ2n) is 16.4. The van der Waals surface area contributed by atoms with Crippen molar-refractivity contribution >= 4 is 39.0 Å². The molecule has 1 aromatic heterocycles. The van der Waals surface area contributed by atoms with Crippen molar-refractivity contribution in [2.45, 2.75) is 5.41 Å². The SMILES string of the molecule is c1ccc(-c2cccc(N(c3ccc(-c4ccc5oc6c(-c7ccccc7)cccc6c5c4)cc3)c3ccc4c(c3)-c3ccccc3C4(c3ccccc3)c3ccccc3)c2)cc1. The summed E-state index contributed by atoms with van der Waals surface area (Å²) >= 11 is 0. The third-order valence-corrected chi connectivity index (χ3v) is 13.0. The average molecular weight is 804 g/mol. The highest BCUT2D eigenvalue weighted by atomic mass is 16.3. The molecule has 0 saturated carbocycles. The van der Waals surface area contributed by atoms with Crippen molar-refractivity contribution in [1.82, 2.24) is 0 Å². The molecule has 1 aliphatic carbocycles. The zero-order chi connectivity index (χ0) is 41.7. The minimum absolute atomic E-state index is 0.461. The van der Waals surface area contributed by atoms with Gasteiger partial charge < -0.3 is 9.32 Å². The Morgan fingerprint density at radius 1 is 0.302 bits per heavy atom. The van der Waals surface area contributed by atoms with Crippen LogP contribution in [-0.4, -0.2) is 0 Å². The Kier molecular flexibility index (Phi) is 8.76. The molecule has 10 aromatic carbocycles. The fourth-order valence-corrected chi connectivity index (χ4v) is 10.1. The number of fused-ring (bicyclic) bond motifs is 6. The topological polar surface area (TPSA) is 16.4 Å². The maximum atomic E-state index is 6.53. The summed E-state index contributed by atoms with van der Waals surface area (Å²) in [6.45, 7) is 0. The third kappa shape index (κ3) is 6.02. The first kappa shape index (κ1) is 36.6. The number of rotatable bonds is 8. The van der Waals surface area contributed by atoms with Crippen LogP contribution in [0.25, 0.3) is 66.4 Å². The number of para-hydroxylation sites is 1. The van der Waals surface area contributed by atoms with Crippen LogP contribution in [0.4, 0.5) is 17.1 Å². The van der Waals surface area contributed by atoms with E-state index in [2.05, 4.69) is 248 Å². The van der Waals surface area contributed by atoms with Crippen molar-refractivity contribution in [2.24, 2.45) is 0 Å². The molecule has 0 saturated heterocycles. The van der Waals surface area contributed by atoms with Gasteiger partial charge in [-0.3, -0.25) is 0 Å². The van der Waals surface area contributed by atoms with Gasteiger partial charge in [0.25, 0.3) is 0 Å². The lowest BCUT2D eigenvalue weighted by molar-refractivity contribution is 0.670. The van der Waals surface area contributed by atoms with E-state index in [0.29, 0.717) is 0 Å². The number of furan rings is 1. The second kappa shape index (κ2) is 15.1. The molecule has 1 aliphatic rings. The van der Waals surface area contributed by atoms with Crippen LogP contribution in [0.5, 0.6) is 0 Å². The van der Waals surface area contributed by atoms with E-state index in [1.165, 1.54) is 44.5 Å². The van der Waals surface area contributed by atoms with Crippen LogP contribution in [0.3, 0.4) is 0 Å². The van der Waals surface area contributed by atoms with Crippen LogP contribution in [0.1, 0.15) is 22.3 Å². The van der Waals surface area contributed by atoms with Crippen LogP contribution in [-0.2, 0) is 5.41 Å². The number of hydrogen-bond donors (Lipinski definition) is 0. The van der Waals surface area contributed by atoms with Crippen LogP contribution in [0, 0.1) is 0 Å². The van der Waals surface area contributed by atoms with Gasteiger partial charge in [-0.05, 0) is 110 Å². The van der Waals surface area contributed by atoms with E-state index >= 15 is 0 Å². The molecule has 0 fully saturated rings. The van der Waals surface area contributed by atoms with E-state index in [-0.39, 0.29) is 0 Å². The molecule has 11 aromatic rings. The minimum Gasteiger partial charge on any atom is -0.455 e. The van der Waals surface area contributed by atoms with Gasteiger partial charge in [0.05, 0.1) is 5.41 Å². The molecule has 0 bridgehead atoms. The van der Waals surface area contributed by atoms with Crippen LogP contribution >= 0.6 is 0 Å². The van der Waals surface area contributed by atoms with E-state index in [1.54, 1.807) is 0 Å². The molecule has 0 amide bonds. The van der Waals surface area contributed by atoms with Crippen molar-refractivity contribution in [3.63, 3.8) is 0 Å². The summed E-state index contributed by atoms with van der Waals surface area (Å²) in [6.07, 6.45) is 0. The van der Waals surface area contributed by atoms with Gasteiger partial charge in [-0.15, -0.1) is 0 Å². The predicted octanol–water partition coefficient (Wildman–Crippen LogP) is 16.4. The molecule has 0 unspecified atom stereocenters. The first-order valence-corrected chi connectivity index (χ1v) is 21.7. The van der Waals surface area contributed by atoms with Gasteiger partial charge in [0.1, 0.15) is 11.2 Å². The van der Waals surface area contributed by atoms with Crippen molar-refractivity contribution in [2.75, 3.05) is 4.90 Å². The van der Waals surface area contributed by atoms with E-state index in [9.17, 15) is 0 Å². The van der Waals surface area contributed by atoms with E-state index in [1.807, 2.05) is 6.07 Å². The van der Waals surface area contributed by atoms with Crippen LogP contribution < -0.4 is 4.90 Å². The van der Waals surface area contributed by atoms with E-state index in [4.69, 9.17) is 4.42 Å². The molecule has 0 atom stereocenters. The Balaban J connectivity index is 1.000. The molecule has 0 N–H and O–H groups in total. The summed E-state index contributed by atoms with van der Waals surface area (Å²) in [6, 6.07) is 90.1. The highest BCUT2D eigenvalue weighted by Gasteiger charge is 2.46.